The smallest absolute Gasteiger partial charge is 0.404 e. The molecule has 1 aromatic heterocycles. The van der Waals surface area contributed by atoms with Crippen molar-refractivity contribution < 1.29 is 14.6 Å². The number of aromatic nitrogens is 1. The van der Waals surface area contributed by atoms with Crippen LogP contribution in [0, 0.1) is 5.92 Å². The number of pyridine rings is 1. The molecule has 0 saturated carbocycles. The van der Waals surface area contributed by atoms with Crippen molar-refractivity contribution in [3.8, 4) is 5.75 Å². The summed E-state index contributed by atoms with van der Waals surface area (Å²) >= 11 is 0. The molecule has 1 aliphatic rings. The van der Waals surface area contributed by atoms with Gasteiger partial charge in [-0.2, -0.15) is 0 Å². The number of carboxylic acid groups (broad SMARTS) is 1. The Morgan fingerprint density at radius 3 is 2.88 bits per heavy atom. The number of hydrogen-bond donors (Lipinski definition) is 2. The molecule has 6 nitrogen and oxygen atoms in total. The van der Waals surface area contributed by atoms with Gasteiger partial charge in [-0.05, 0) is 49.4 Å². The van der Waals surface area contributed by atoms with Crippen LogP contribution in [0.4, 0.5) is 10.5 Å². The summed E-state index contributed by atoms with van der Waals surface area (Å²) in [6, 6.07) is 8.03. The summed E-state index contributed by atoms with van der Waals surface area (Å²) in [5.74, 6) is 1.42. The lowest BCUT2D eigenvalue weighted by Crippen LogP contribution is -2.35. The minimum Gasteiger partial charge on any atom is -0.497 e. The zero-order valence-corrected chi connectivity index (χ0v) is 13.9. The Balaban J connectivity index is 1.68. The van der Waals surface area contributed by atoms with E-state index in [-0.39, 0.29) is 0 Å². The first-order valence-electron chi connectivity index (χ1n) is 8.32. The first-order valence-corrected chi connectivity index (χ1v) is 8.32. The number of hydrogen-bond acceptors (Lipinski definition) is 4. The fourth-order valence-electron chi connectivity index (χ4n) is 3.36. The van der Waals surface area contributed by atoms with Crippen LogP contribution in [0.5, 0.6) is 5.75 Å². The maximum atomic E-state index is 10.5. The second kappa shape index (κ2) is 7.38. The summed E-state index contributed by atoms with van der Waals surface area (Å²) < 4.78 is 5.34. The highest BCUT2D eigenvalue weighted by Gasteiger charge is 2.21. The number of anilines is 1. The first kappa shape index (κ1) is 16.4. The van der Waals surface area contributed by atoms with Gasteiger partial charge in [-0.1, -0.05) is 0 Å². The molecule has 1 amide bonds. The van der Waals surface area contributed by atoms with E-state index in [1.807, 2.05) is 24.4 Å². The van der Waals surface area contributed by atoms with Crippen LogP contribution in [0.15, 0.2) is 30.5 Å². The van der Waals surface area contributed by atoms with E-state index in [9.17, 15) is 4.79 Å². The molecule has 2 heterocycles. The summed E-state index contributed by atoms with van der Waals surface area (Å²) in [5, 5.41) is 12.2. The van der Waals surface area contributed by atoms with Gasteiger partial charge in [-0.3, -0.25) is 4.98 Å². The molecular formula is C18H23N3O3. The number of fused-ring (bicyclic) bond motifs is 1. The molecule has 2 N–H and O–H groups in total. The zero-order chi connectivity index (χ0) is 16.9. The van der Waals surface area contributed by atoms with E-state index in [4.69, 9.17) is 9.84 Å². The molecule has 0 aliphatic carbocycles. The number of methoxy groups -OCH3 is 1. The molecule has 128 valence electrons. The number of piperidine rings is 1. The number of nitrogens with one attached hydrogen (secondary N) is 1. The molecule has 0 radical (unpaired) electrons. The second-order valence-electron chi connectivity index (χ2n) is 6.16. The van der Waals surface area contributed by atoms with Gasteiger partial charge in [0.15, 0.2) is 0 Å². The summed E-state index contributed by atoms with van der Waals surface area (Å²) in [5.41, 5.74) is 2.17. The van der Waals surface area contributed by atoms with Crippen molar-refractivity contribution in [1.29, 1.82) is 0 Å². The van der Waals surface area contributed by atoms with Crippen LogP contribution in [0.25, 0.3) is 10.9 Å². The van der Waals surface area contributed by atoms with Crippen molar-refractivity contribution in [2.75, 3.05) is 31.6 Å². The Morgan fingerprint density at radius 2 is 2.17 bits per heavy atom. The Kier molecular flexibility index (Phi) is 5.03. The van der Waals surface area contributed by atoms with Crippen LogP contribution >= 0.6 is 0 Å². The van der Waals surface area contributed by atoms with Gasteiger partial charge in [-0.15, -0.1) is 0 Å². The highest BCUT2D eigenvalue weighted by molar-refractivity contribution is 5.92. The number of carbonyl (C=O) groups is 1. The van der Waals surface area contributed by atoms with E-state index in [1.54, 1.807) is 7.11 Å². The van der Waals surface area contributed by atoms with Gasteiger partial charge in [0.05, 0.1) is 12.6 Å². The molecule has 0 unspecified atom stereocenters. The van der Waals surface area contributed by atoms with Crippen LogP contribution < -0.4 is 15.0 Å². The summed E-state index contributed by atoms with van der Waals surface area (Å²) in [4.78, 5) is 17.4. The average Bonchev–Trinajstić information content (AvgIpc) is 2.61. The van der Waals surface area contributed by atoms with E-state index in [2.05, 4.69) is 21.3 Å². The molecule has 0 atom stereocenters. The SMILES string of the molecule is COc1ccc2nccc(N3CCC(CCNC(=O)O)CC3)c2c1. The van der Waals surface area contributed by atoms with E-state index in [0.717, 1.165) is 49.0 Å². The topological polar surface area (TPSA) is 74.7 Å². The van der Waals surface area contributed by atoms with Gasteiger partial charge < -0.3 is 20.1 Å². The lowest BCUT2D eigenvalue weighted by molar-refractivity contribution is 0.193. The monoisotopic (exact) mass is 329 g/mol. The Hall–Kier alpha value is -2.50. The third-order valence-electron chi connectivity index (χ3n) is 4.71. The standard InChI is InChI=1S/C18H23N3O3/c1-24-14-2-3-16-15(12-14)17(5-9-19-16)21-10-6-13(7-11-21)4-8-20-18(22)23/h2-3,5,9,12-13,20H,4,6-8,10-11H2,1H3,(H,22,23). The second-order valence-corrected chi connectivity index (χ2v) is 6.16. The highest BCUT2D eigenvalue weighted by Crippen LogP contribution is 2.32. The fourth-order valence-corrected chi connectivity index (χ4v) is 3.36. The van der Waals surface area contributed by atoms with Crippen LogP contribution in [0.2, 0.25) is 0 Å². The van der Waals surface area contributed by atoms with E-state index in [0.29, 0.717) is 12.5 Å². The molecule has 2 aromatic rings. The predicted molar refractivity (Wildman–Crippen MR) is 93.9 cm³/mol. The Labute approximate surface area is 141 Å². The maximum absolute atomic E-state index is 10.5. The molecule has 1 saturated heterocycles. The summed E-state index contributed by atoms with van der Waals surface area (Å²) in [6.07, 6.45) is 3.98. The fraction of sp³-hybridized carbons (Fsp3) is 0.444. The van der Waals surface area contributed by atoms with Crippen LogP contribution in [-0.2, 0) is 0 Å². The van der Waals surface area contributed by atoms with Crippen LogP contribution in [0.3, 0.4) is 0 Å². The van der Waals surface area contributed by atoms with E-state index < -0.39 is 6.09 Å². The number of amides is 1. The Morgan fingerprint density at radius 1 is 1.38 bits per heavy atom. The van der Waals surface area contributed by atoms with Crippen molar-refractivity contribution >= 4 is 22.7 Å². The van der Waals surface area contributed by atoms with Gasteiger partial charge in [0.1, 0.15) is 5.75 Å². The minimum absolute atomic E-state index is 0.537. The third-order valence-corrected chi connectivity index (χ3v) is 4.71. The largest absolute Gasteiger partial charge is 0.497 e. The van der Waals surface area contributed by atoms with Crippen LogP contribution in [-0.4, -0.2) is 42.9 Å². The molecule has 1 aliphatic heterocycles. The number of rotatable bonds is 5. The molecule has 6 heteroatoms. The number of ether oxygens (including phenoxy) is 1. The maximum Gasteiger partial charge on any atom is 0.404 e. The quantitative estimate of drug-likeness (QED) is 0.881. The van der Waals surface area contributed by atoms with Crippen molar-refractivity contribution in [1.82, 2.24) is 10.3 Å². The van der Waals surface area contributed by atoms with Crippen molar-refractivity contribution in [3.63, 3.8) is 0 Å². The van der Waals surface area contributed by atoms with E-state index in [1.165, 1.54) is 5.69 Å². The molecule has 0 spiro atoms. The van der Waals surface area contributed by atoms with Gasteiger partial charge in [0.2, 0.25) is 0 Å². The molecule has 24 heavy (non-hydrogen) atoms. The average molecular weight is 329 g/mol. The van der Waals surface area contributed by atoms with Crippen molar-refractivity contribution in [2.45, 2.75) is 19.3 Å². The lowest BCUT2D eigenvalue weighted by atomic mass is 9.93. The van der Waals surface area contributed by atoms with Gasteiger partial charge in [0, 0.05) is 36.9 Å². The molecule has 1 fully saturated rings. The Bertz CT molecular complexity index is 712. The molecule has 1 aromatic carbocycles. The van der Waals surface area contributed by atoms with Crippen molar-refractivity contribution in [3.05, 3.63) is 30.5 Å². The van der Waals surface area contributed by atoms with Gasteiger partial charge in [-0.25, -0.2) is 4.79 Å². The van der Waals surface area contributed by atoms with Gasteiger partial charge >= 0.3 is 6.09 Å². The lowest BCUT2D eigenvalue weighted by Gasteiger charge is -2.34. The van der Waals surface area contributed by atoms with Crippen molar-refractivity contribution in [2.24, 2.45) is 5.92 Å². The summed E-state index contributed by atoms with van der Waals surface area (Å²) in [6.45, 7) is 2.50. The summed E-state index contributed by atoms with van der Waals surface area (Å²) in [7, 11) is 1.67. The minimum atomic E-state index is -0.940. The number of nitrogens with zero attached hydrogens (tertiary/aromatic N) is 2. The zero-order valence-electron chi connectivity index (χ0n) is 13.9. The molecule has 0 bridgehead atoms. The van der Waals surface area contributed by atoms with Crippen LogP contribution in [0.1, 0.15) is 19.3 Å². The predicted octanol–water partition coefficient (Wildman–Crippen LogP) is 3.12. The molecular weight excluding hydrogens is 306 g/mol. The third kappa shape index (κ3) is 3.69. The van der Waals surface area contributed by atoms with Gasteiger partial charge in [0.25, 0.3) is 0 Å². The first-order chi connectivity index (χ1) is 11.7. The molecule has 3 rings (SSSR count). The normalized spacial score (nSPS) is 15.5. The highest BCUT2D eigenvalue weighted by atomic mass is 16.5. The van der Waals surface area contributed by atoms with E-state index >= 15 is 0 Å². The number of benzene rings is 1.